The van der Waals surface area contributed by atoms with Gasteiger partial charge >= 0.3 is 0 Å². The van der Waals surface area contributed by atoms with Crippen molar-refractivity contribution in [3.8, 4) is 0 Å². The molecule has 0 radical (unpaired) electrons. The molecule has 1 aromatic rings. The number of nitrogens with zero attached hydrogens (tertiary/aromatic N) is 1. The third-order valence-corrected chi connectivity index (χ3v) is 5.27. The number of nitrogens with one attached hydrogen (secondary N) is 1. The molecule has 3 rings (SSSR count). The van der Waals surface area contributed by atoms with Crippen LogP contribution in [-0.2, 0) is 6.42 Å². The number of hydrogen-bond donors (Lipinski definition) is 1. The van der Waals surface area contributed by atoms with Crippen molar-refractivity contribution in [1.29, 1.82) is 0 Å². The SMILES string of the molecule is CN1CCCCC1CNC1c2ccccc2CC1(C)C. The summed E-state index contributed by atoms with van der Waals surface area (Å²) in [5, 5.41) is 3.89. The van der Waals surface area contributed by atoms with Gasteiger partial charge in [-0.3, -0.25) is 0 Å². The Morgan fingerprint density at radius 1 is 1.25 bits per heavy atom. The topological polar surface area (TPSA) is 15.3 Å². The van der Waals surface area contributed by atoms with Crippen LogP contribution in [-0.4, -0.2) is 31.1 Å². The second kappa shape index (κ2) is 5.50. The lowest BCUT2D eigenvalue weighted by Crippen LogP contribution is -2.45. The molecule has 2 aliphatic rings. The molecule has 1 aliphatic carbocycles. The molecule has 0 spiro atoms. The van der Waals surface area contributed by atoms with Gasteiger partial charge in [-0.2, -0.15) is 0 Å². The lowest BCUT2D eigenvalue weighted by Gasteiger charge is -2.36. The van der Waals surface area contributed by atoms with E-state index in [4.69, 9.17) is 0 Å². The third kappa shape index (κ3) is 2.64. The Morgan fingerprint density at radius 3 is 2.85 bits per heavy atom. The van der Waals surface area contributed by atoms with Crippen molar-refractivity contribution in [2.45, 2.75) is 51.6 Å². The van der Waals surface area contributed by atoms with Gasteiger partial charge in [-0.05, 0) is 49.4 Å². The zero-order valence-electron chi connectivity index (χ0n) is 13.2. The summed E-state index contributed by atoms with van der Waals surface area (Å²) in [6.07, 6.45) is 5.30. The van der Waals surface area contributed by atoms with Crippen LogP contribution in [0.15, 0.2) is 24.3 Å². The standard InChI is InChI=1S/C18H28N2/c1-18(2)12-14-8-4-5-10-16(14)17(18)19-13-15-9-6-7-11-20(15)3/h4-5,8,10,15,17,19H,6-7,9,11-13H2,1-3H3. The van der Waals surface area contributed by atoms with Crippen LogP contribution in [0.2, 0.25) is 0 Å². The molecule has 20 heavy (non-hydrogen) atoms. The highest BCUT2D eigenvalue weighted by atomic mass is 15.2. The monoisotopic (exact) mass is 272 g/mol. The van der Waals surface area contributed by atoms with Gasteiger partial charge in [0.2, 0.25) is 0 Å². The van der Waals surface area contributed by atoms with E-state index in [-0.39, 0.29) is 0 Å². The molecule has 0 saturated carbocycles. The van der Waals surface area contributed by atoms with Crippen LogP contribution in [0.4, 0.5) is 0 Å². The van der Waals surface area contributed by atoms with Crippen molar-refractivity contribution in [2.75, 3.05) is 20.1 Å². The van der Waals surface area contributed by atoms with E-state index < -0.39 is 0 Å². The Morgan fingerprint density at radius 2 is 2.05 bits per heavy atom. The Labute approximate surface area is 123 Å². The Kier molecular flexibility index (Phi) is 3.87. The highest BCUT2D eigenvalue weighted by molar-refractivity contribution is 5.37. The van der Waals surface area contributed by atoms with Gasteiger partial charge in [-0.15, -0.1) is 0 Å². The number of likely N-dealkylation sites (N-methyl/N-ethyl adjacent to an activating group) is 1. The fourth-order valence-electron chi connectivity index (χ4n) is 4.03. The van der Waals surface area contributed by atoms with Gasteiger partial charge in [0.15, 0.2) is 0 Å². The predicted octanol–water partition coefficient (Wildman–Crippen LogP) is 3.38. The minimum absolute atomic E-state index is 0.330. The fourth-order valence-corrected chi connectivity index (χ4v) is 4.03. The van der Waals surface area contributed by atoms with Gasteiger partial charge in [-0.1, -0.05) is 44.5 Å². The van der Waals surface area contributed by atoms with E-state index >= 15 is 0 Å². The van der Waals surface area contributed by atoms with Crippen molar-refractivity contribution < 1.29 is 0 Å². The molecule has 2 atom stereocenters. The van der Waals surface area contributed by atoms with Crippen LogP contribution in [0.5, 0.6) is 0 Å². The maximum Gasteiger partial charge on any atom is 0.0378 e. The van der Waals surface area contributed by atoms with Crippen molar-refractivity contribution >= 4 is 0 Å². The Bertz CT molecular complexity index is 466. The first-order valence-electron chi connectivity index (χ1n) is 8.09. The van der Waals surface area contributed by atoms with Gasteiger partial charge < -0.3 is 10.2 Å². The summed E-state index contributed by atoms with van der Waals surface area (Å²) in [4.78, 5) is 2.53. The van der Waals surface area contributed by atoms with Gasteiger partial charge in [0.05, 0.1) is 0 Å². The average Bonchev–Trinajstić information content (AvgIpc) is 2.68. The molecule has 2 unspecified atom stereocenters. The van der Waals surface area contributed by atoms with E-state index in [2.05, 4.69) is 55.4 Å². The molecule has 1 heterocycles. The number of hydrogen-bond acceptors (Lipinski definition) is 2. The minimum atomic E-state index is 0.330. The normalized spacial score (nSPS) is 29.4. The first-order valence-corrected chi connectivity index (χ1v) is 8.09. The number of rotatable bonds is 3. The van der Waals surface area contributed by atoms with E-state index in [9.17, 15) is 0 Å². The van der Waals surface area contributed by atoms with Gasteiger partial charge in [0.1, 0.15) is 0 Å². The first-order chi connectivity index (χ1) is 9.58. The van der Waals surface area contributed by atoms with Crippen molar-refractivity contribution in [1.82, 2.24) is 10.2 Å². The average molecular weight is 272 g/mol. The molecule has 0 bridgehead atoms. The molecule has 2 nitrogen and oxygen atoms in total. The molecule has 0 aromatic heterocycles. The molecule has 1 fully saturated rings. The van der Waals surface area contributed by atoms with Crippen LogP contribution < -0.4 is 5.32 Å². The van der Waals surface area contributed by atoms with E-state index in [1.807, 2.05) is 0 Å². The summed E-state index contributed by atoms with van der Waals surface area (Å²) in [5.74, 6) is 0. The lowest BCUT2D eigenvalue weighted by atomic mass is 9.85. The van der Waals surface area contributed by atoms with Gasteiger partial charge in [0, 0.05) is 18.6 Å². The summed E-state index contributed by atoms with van der Waals surface area (Å²) < 4.78 is 0. The third-order valence-electron chi connectivity index (χ3n) is 5.27. The van der Waals surface area contributed by atoms with Gasteiger partial charge in [0.25, 0.3) is 0 Å². The predicted molar refractivity (Wildman–Crippen MR) is 84.9 cm³/mol. The highest BCUT2D eigenvalue weighted by Crippen LogP contribution is 2.44. The molecular weight excluding hydrogens is 244 g/mol. The summed E-state index contributed by atoms with van der Waals surface area (Å²) in [7, 11) is 2.28. The number of piperidine rings is 1. The zero-order chi connectivity index (χ0) is 14.2. The second-order valence-corrected chi connectivity index (χ2v) is 7.34. The van der Waals surface area contributed by atoms with Crippen LogP contribution in [0, 0.1) is 5.41 Å². The van der Waals surface area contributed by atoms with Gasteiger partial charge in [-0.25, -0.2) is 0 Å². The number of likely N-dealkylation sites (tertiary alicyclic amines) is 1. The molecule has 1 N–H and O–H groups in total. The molecule has 2 heteroatoms. The van der Waals surface area contributed by atoms with Crippen LogP contribution >= 0.6 is 0 Å². The molecule has 110 valence electrons. The molecule has 1 aliphatic heterocycles. The summed E-state index contributed by atoms with van der Waals surface area (Å²) in [6.45, 7) is 7.18. The summed E-state index contributed by atoms with van der Waals surface area (Å²) in [5.41, 5.74) is 3.39. The van der Waals surface area contributed by atoms with Crippen molar-refractivity contribution in [3.05, 3.63) is 35.4 Å². The van der Waals surface area contributed by atoms with Crippen molar-refractivity contribution in [2.24, 2.45) is 5.41 Å². The summed E-state index contributed by atoms with van der Waals surface area (Å²) >= 11 is 0. The first kappa shape index (κ1) is 14.1. The lowest BCUT2D eigenvalue weighted by molar-refractivity contribution is 0.165. The van der Waals surface area contributed by atoms with E-state index in [1.165, 1.54) is 43.4 Å². The quantitative estimate of drug-likeness (QED) is 0.907. The van der Waals surface area contributed by atoms with Crippen LogP contribution in [0.3, 0.4) is 0 Å². The minimum Gasteiger partial charge on any atom is -0.308 e. The highest BCUT2D eigenvalue weighted by Gasteiger charge is 2.38. The van der Waals surface area contributed by atoms with E-state index in [0.717, 1.165) is 6.54 Å². The molecule has 0 amide bonds. The van der Waals surface area contributed by atoms with Crippen LogP contribution in [0.1, 0.15) is 50.3 Å². The fraction of sp³-hybridized carbons (Fsp3) is 0.667. The number of benzene rings is 1. The zero-order valence-corrected chi connectivity index (χ0v) is 13.2. The van der Waals surface area contributed by atoms with Crippen LogP contribution in [0.25, 0.3) is 0 Å². The maximum absolute atomic E-state index is 3.89. The molecular formula is C18H28N2. The van der Waals surface area contributed by atoms with E-state index in [0.29, 0.717) is 17.5 Å². The van der Waals surface area contributed by atoms with Crippen molar-refractivity contribution in [3.63, 3.8) is 0 Å². The van der Waals surface area contributed by atoms with E-state index in [1.54, 1.807) is 0 Å². The Balaban J connectivity index is 1.70. The smallest absolute Gasteiger partial charge is 0.0378 e. The largest absolute Gasteiger partial charge is 0.308 e. The Hall–Kier alpha value is -0.860. The summed E-state index contributed by atoms with van der Waals surface area (Å²) in [6, 6.07) is 10.2. The number of fused-ring (bicyclic) bond motifs is 1. The molecule has 1 aromatic carbocycles. The maximum atomic E-state index is 3.89. The molecule has 1 saturated heterocycles. The second-order valence-electron chi connectivity index (χ2n) is 7.34.